The number of amides is 1. The average molecular weight is 513 g/mol. The highest BCUT2D eigenvalue weighted by atomic mass is 35.5. The minimum absolute atomic E-state index is 0.0414. The van der Waals surface area contributed by atoms with E-state index < -0.39 is 0 Å². The van der Waals surface area contributed by atoms with E-state index in [0.717, 1.165) is 49.0 Å². The van der Waals surface area contributed by atoms with E-state index in [4.69, 9.17) is 11.6 Å². The zero-order chi connectivity index (χ0) is 25.2. The van der Waals surface area contributed by atoms with Crippen molar-refractivity contribution in [1.82, 2.24) is 30.4 Å². The standard InChI is InChI=1S/C25H30ClFN8O/c1-14-10-21(30-25-29-13-18(26)23(32-25)31-22-11-15(2)33-34-22)19(27)12-17(14)16-5-8-35(9-6-16)24(36)20-4-3-7-28-20/h10-13,16,20,28H,3-9H2,1-2H3,(H3,29,30,31,32,33,34). The van der Waals surface area contributed by atoms with Gasteiger partial charge in [-0.25, -0.2) is 9.37 Å². The molecule has 11 heteroatoms. The van der Waals surface area contributed by atoms with Gasteiger partial charge in [-0.3, -0.25) is 9.89 Å². The molecule has 0 aliphatic carbocycles. The number of halogens is 2. The Morgan fingerprint density at radius 1 is 1.17 bits per heavy atom. The fourth-order valence-corrected chi connectivity index (χ4v) is 5.14. The average Bonchev–Trinajstić information content (AvgIpc) is 3.55. The fraction of sp³-hybridized carbons (Fsp3) is 0.440. The van der Waals surface area contributed by atoms with Crippen molar-refractivity contribution in [3.63, 3.8) is 0 Å². The molecule has 5 rings (SSSR count). The molecule has 0 saturated carbocycles. The molecule has 2 aliphatic heterocycles. The van der Waals surface area contributed by atoms with E-state index in [1.54, 1.807) is 12.1 Å². The molecule has 190 valence electrons. The summed E-state index contributed by atoms with van der Waals surface area (Å²) in [4.78, 5) is 23.2. The Morgan fingerprint density at radius 3 is 2.67 bits per heavy atom. The SMILES string of the molecule is Cc1cc(Nc2nc(Nc3cc(C)c(C4CCN(C(=O)C5CCCN5)CC4)cc3F)ncc2Cl)n[nH]1. The number of likely N-dealkylation sites (tertiary alicyclic amines) is 1. The summed E-state index contributed by atoms with van der Waals surface area (Å²) in [6, 6.07) is 5.16. The smallest absolute Gasteiger partial charge is 0.239 e. The lowest BCUT2D eigenvalue weighted by Crippen LogP contribution is -2.46. The molecule has 2 aromatic heterocycles. The van der Waals surface area contributed by atoms with Crippen molar-refractivity contribution in [2.45, 2.75) is 51.5 Å². The highest BCUT2D eigenvalue weighted by molar-refractivity contribution is 6.32. The number of piperidine rings is 1. The third kappa shape index (κ3) is 5.29. The summed E-state index contributed by atoms with van der Waals surface area (Å²) in [6.45, 7) is 6.18. The number of hydrogen-bond acceptors (Lipinski definition) is 7. The second-order valence-electron chi connectivity index (χ2n) is 9.51. The lowest BCUT2D eigenvalue weighted by atomic mass is 9.86. The number of benzene rings is 1. The molecule has 0 radical (unpaired) electrons. The molecule has 36 heavy (non-hydrogen) atoms. The largest absolute Gasteiger partial charge is 0.341 e. The fourth-order valence-electron chi connectivity index (χ4n) is 5.00. The van der Waals surface area contributed by atoms with E-state index >= 15 is 4.39 Å². The van der Waals surface area contributed by atoms with Gasteiger partial charge in [0.05, 0.1) is 17.9 Å². The number of carbonyl (C=O) groups excluding carboxylic acids is 1. The molecule has 2 aliphatic rings. The van der Waals surface area contributed by atoms with Gasteiger partial charge in [0.1, 0.15) is 10.8 Å². The van der Waals surface area contributed by atoms with Gasteiger partial charge < -0.3 is 20.9 Å². The molecule has 2 saturated heterocycles. The predicted molar refractivity (Wildman–Crippen MR) is 138 cm³/mol. The number of aromatic amines is 1. The minimum Gasteiger partial charge on any atom is -0.341 e. The lowest BCUT2D eigenvalue weighted by Gasteiger charge is -2.34. The third-order valence-corrected chi connectivity index (χ3v) is 7.18. The van der Waals surface area contributed by atoms with Crippen LogP contribution in [0.2, 0.25) is 5.02 Å². The molecule has 1 atom stereocenters. The van der Waals surface area contributed by atoms with Crippen LogP contribution < -0.4 is 16.0 Å². The quantitative estimate of drug-likeness (QED) is 0.383. The first-order valence-corrected chi connectivity index (χ1v) is 12.7. The monoisotopic (exact) mass is 512 g/mol. The van der Waals surface area contributed by atoms with Gasteiger partial charge in [-0.15, -0.1) is 0 Å². The number of anilines is 4. The van der Waals surface area contributed by atoms with Crippen molar-refractivity contribution in [2.75, 3.05) is 30.3 Å². The molecule has 1 aromatic carbocycles. The highest BCUT2D eigenvalue weighted by Crippen LogP contribution is 2.34. The van der Waals surface area contributed by atoms with Crippen molar-refractivity contribution in [2.24, 2.45) is 0 Å². The summed E-state index contributed by atoms with van der Waals surface area (Å²) >= 11 is 6.23. The Balaban J connectivity index is 1.26. The van der Waals surface area contributed by atoms with Crippen LogP contribution in [0.5, 0.6) is 0 Å². The molecule has 0 bridgehead atoms. The molecular formula is C25H30ClFN8O. The van der Waals surface area contributed by atoms with Crippen molar-refractivity contribution in [1.29, 1.82) is 0 Å². The van der Waals surface area contributed by atoms with Crippen LogP contribution >= 0.6 is 11.6 Å². The molecule has 0 spiro atoms. The maximum absolute atomic E-state index is 15.2. The van der Waals surface area contributed by atoms with Gasteiger partial charge in [-0.2, -0.15) is 10.1 Å². The van der Waals surface area contributed by atoms with Crippen molar-refractivity contribution < 1.29 is 9.18 Å². The number of rotatable bonds is 6. The van der Waals surface area contributed by atoms with Crippen LogP contribution in [-0.2, 0) is 4.79 Å². The second kappa shape index (κ2) is 10.4. The topological polar surface area (TPSA) is 111 Å². The molecule has 2 fully saturated rings. The van der Waals surface area contributed by atoms with Crippen LogP contribution in [0, 0.1) is 19.7 Å². The zero-order valence-electron chi connectivity index (χ0n) is 20.4. The summed E-state index contributed by atoms with van der Waals surface area (Å²) in [5, 5.41) is 16.6. The molecule has 4 heterocycles. The summed E-state index contributed by atoms with van der Waals surface area (Å²) in [5.74, 6) is 1.19. The minimum atomic E-state index is -0.375. The first-order chi connectivity index (χ1) is 17.4. The number of nitrogens with zero attached hydrogens (tertiary/aromatic N) is 4. The Labute approximate surface area is 214 Å². The number of nitrogens with one attached hydrogen (secondary N) is 4. The molecule has 1 amide bonds. The number of aromatic nitrogens is 4. The van der Waals surface area contributed by atoms with Gasteiger partial charge in [0, 0.05) is 24.8 Å². The van der Waals surface area contributed by atoms with Gasteiger partial charge in [-0.05, 0) is 75.3 Å². The normalized spacial score (nSPS) is 18.4. The van der Waals surface area contributed by atoms with E-state index in [2.05, 4.69) is 36.1 Å². The third-order valence-electron chi connectivity index (χ3n) is 6.90. The van der Waals surface area contributed by atoms with E-state index in [9.17, 15) is 4.79 Å². The first-order valence-electron chi connectivity index (χ1n) is 12.3. The molecule has 3 aromatic rings. The van der Waals surface area contributed by atoms with Gasteiger partial charge in [0.2, 0.25) is 11.9 Å². The molecule has 4 N–H and O–H groups in total. The first kappa shape index (κ1) is 24.5. The summed E-state index contributed by atoms with van der Waals surface area (Å²) < 4.78 is 15.2. The Kier molecular flexibility index (Phi) is 7.06. The maximum atomic E-state index is 15.2. The van der Waals surface area contributed by atoms with Gasteiger partial charge in [0.25, 0.3) is 0 Å². The van der Waals surface area contributed by atoms with Gasteiger partial charge in [-0.1, -0.05) is 11.6 Å². The number of H-pyrrole nitrogens is 1. The van der Waals surface area contributed by atoms with Crippen LogP contribution in [0.15, 0.2) is 24.4 Å². The van der Waals surface area contributed by atoms with Gasteiger partial charge in [0.15, 0.2) is 11.6 Å². The second-order valence-corrected chi connectivity index (χ2v) is 9.92. The van der Waals surface area contributed by atoms with Crippen LogP contribution in [0.1, 0.15) is 48.4 Å². The van der Waals surface area contributed by atoms with Crippen LogP contribution in [0.25, 0.3) is 0 Å². The maximum Gasteiger partial charge on any atom is 0.239 e. The summed E-state index contributed by atoms with van der Waals surface area (Å²) in [7, 11) is 0. The Hall–Kier alpha value is -3.24. The molecular weight excluding hydrogens is 483 g/mol. The molecule has 9 nitrogen and oxygen atoms in total. The number of hydrogen-bond donors (Lipinski definition) is 4. The van der Waals surface area contributed by atoms with Crippen molar-refractivity contribution in [3.8, 4) is 0 Å². The summed E-state index contributed by atoms with van der Waals surface area (Å²) in [6.07, 6.45) is 5.07. The highest BCUT2D eigenvalue weighted by Gasteiger charge is 2.31. The lowest BCUT2D eigenvalue weighted by molar-refractivity contribution is -0.134. The van der Waals surface area contributed by atoms with Gasteiger partial charge >= 0.3 is 0 Å². The van der Waals surface area contributed by atoms with Crippen LogP contribution in [0.4, 0.5) is 27.7 Å². The van der Waals surface area contributed by atoms with E-state index in [0.29, 0.717) is 35.4 Å². The Morgan fingerprint density at radius 2 is 1.97 bits per heavy atom. The number of aryl methyl sites for hydroxylation is 2. The Bertz CT molecular complexity index is 1250. The zero-order valence-corrected chi connectivity index (χ0v) is 21.1. The van der Waals surface area contributed by atoms with Crippen LogP contribution in [0.3, 0.4) is 0 Å². The van der Waals surface area contributed by atoms with Crippen molar-refractivity contribution in [3.05, 3.63) is 52.1 Å². The molecule has 1 unspecified atom stereocenters. The van der Waals surface area contributed by atoms with E-state index in [1.807, 2.05) is 24.8 Å². The summed E-state index contributed by atoms with van der Waals surface area (Å²) in [5.41, 5.74) is 3.15. The van der Waals surface area contributed by atoms with Crippen LogP contribution in [-0.4, -0.2) is 56.6 Å². The van der Waals surface area contributed by atoms with E-state index in [-0.39, 0.29) is 29.6 Å². The number of carbonyl (C=O) groups is 1. The predicted octanol–water partition coefficient (Wildman–Crippen LogP) is 4.55. The van der Waals surface area contributed by atoms with Crippen molar-refractivity contribution >= 4 is 40.8 Å². The van der Waals surface area contributed by atoms with E-state index in [1.165, 1.54) is 6.20 Å².